The highest BCUT2D eigenvalue weighted by atomic mass is 16.2. The zero-order chi connectivity index (χ0) is 17.1. The molecule has 0 saturated carbocycles. The van der Waals surface area contributed by atoms with Gasteiger partial charge in [0.05, 0.1) is 0 Å². The highest BCUT2D eigenvalue weighted by molar-refractivity contribution is 5.74. The van der Waals surface area contributed by atoms with E-state index in [4.69, 9.17) is 0 Å². The second-order valence-electron chi connectivity index (χ2n) is 6.76. The predicted molar refractivity (Wildman–Crippen MR) is 94.3 cm³/mol. The van der Waals surface area contributed by atoms with E-state index < -0.39 is 0 Å². The number of fused-ring (bicyclic) bond motifs is 1. The minimum atomic E-state index is -0.104. The molecule has 132 valence electrons. The molecular weight excluding hydrogens is 316 g/mol. The van der Waals surface area contributed by atoms with Crippen LogP contribution in [0, 0.1) is 0 Å². The van der Waals surface area contributed by atoms with Crippen molar-refractivity contribution in [2.75, 3.05) is 13.1 Å². The lowest BCUT2D eigenvalue weighted by Crippen LogP contribution is -2.49. The summed E-state index contributed by atoms with van der Waals surface area (Å²) in [5, 5.41) is 10.4. The van der Waals surface area contributed by atoms with Crippen molar-refractivity contribution in [2.45, 2.75) is 44.3 Å². The molecule has 0 spiro atoms. The monoisotopic (exact) mass is 340 g/mol. The number of nitrogens with zero attached hydrogens (tertiary/aromatic N) is 4. The molecule has 2 aromatic rings. The molecule has 0 radical (unpaired) electrons. The Bertz CT molecular complexity index is 716. The number of amides is 2. The number of carbonyl (C=O) groups is 1. The number of aromatic nitrogens is 3. The van der Waals surface area contributed by atoms with Crippen molar-refractivity contribution >= 4 is 6.03 Å². The fraction of sp³-hybridized carbons (Fsp3) is 0.500. The van der Waals surface area contributed by atoms with Crippen LogP contribution in [0.4, 0.5) is 4.79 Å². The molecule has 2 aromatic heterocycles. The van der Waals surface area contributed by atoms with Gasteiger partial charge >= 0.3 is 6.03 Å². The summed E-state index contributed by atoms with van der Waals surface area (Å²) < 4.78 is 1.71. The zero-order valence-electron chi connectivity index (χ0n) is 14.3. The largest absolute Gasteiger partial charge is 0.334 e. The number of urea groups is 1. The predicted octanol–water partition coefficient (Wildman–Crippen LogP) is 1.69. The van der Waals surface area contributed by atoms with Gasteiger partial charge in [-0.2, -0.15) is 5.10 Å². The maximum absolute atomic E-state index is 12.4. The lowest BCUT2D eigenvalue weighted by Gasteiger charge is -2.32. The molecule has 7 nitrogen and oxygen atoms in total. The highest BCUT2D eigenvalue weighted by Crippen LogP contribution is 2.27. The normalized spacial score (nSPS) is 23.2. The van der Waals surface area contributed by atoms with E-state index in [-0.39, 0.29) is 12.1 Å². The third-order valence-corrected chi connectivity index (χ3v) is 5.20. The van der Waals surface area contributed by atoms with Crippen LogP contribution in [0.3, 0.4) is 0 Å². The smallest absolute Gasteiger partial charge is 0.315 e. The van der Waals surface area contributed by atoms with Gasteiger partial charge in [0.25, 0.3) is 0 Å². The Morgan fingerprint density at radius 3 is 3.04 bits per heavy atom. The summed E-state index contributed by atoms with van der Waals surface area (Å²) in [6, 6.07) is 6.36. The Kier molecular flexibility index (Phi) is 4.65. The van der Waals surface area contributed by atoms with Gasteiger partial charge in [0.1, 0.15) is 0 Å². The van der Waals surface area contributed by atoms with Gasteiger partial charge in [-0.3, -0.25) is 4.90 Å². The van der Waals surface area contributed by atoms with E-state index in [2.05, 4.69) is 25.6 Å². The van der Waals surface area contributed by atoms with Crippen LogP contribution in [-0.2, 0) is 6.54 Å². The van der Waals surface area contributed by atoms with Gasteiger partial charge in [-0.15, -0.1) is 0 Å². The number of hydrogen-bond acceptors (Lipinski definition) is 4. The molecule has 4 rings (SSSR count). The number of pyridine rings is 1. The summed E-state index contributed by atoms with van der Waals surface area (Å²) in [6.07, 6.45) is 10.1. The summed E-state index contributed by atoms with van der Waals surface area (Å²) in [4.78, 5) is 19.3. The van der Waals surface area contributed by atoms with Crippen LogP contribution in [0.15, 0.2) is 36.8 Å². The van der Waals surface area contributed by atoms with E-state index in [0.29, 0.717) is 12.6 Å². The Hall–Kier alpha value is -2.41. The highest BCUT2D eigenvalue weighted by Gasteiger charge is 2.36. The molecule has 0 bridgehead atoms. The van der Waals surface area contributed by atoms with Gasteiger partial charge in [0.15, 0.2) is 5.82 Å². The van der Waals surface area contributed by atoms with Crippen LogP contribution >= 0.6 is 0 Å². The summed E-state index contributed by atoms with van der Waals surface area (Å²) >= 11 is 0. The fourth-order valence-corrected chi connectivity index (χ4v) is 3.98. The zero-order valence-corrected chi connectivity index (χ0v) is 14.3. The minimum Gasteiger partial charge on any atom is -0.334 e. The topological polar surface area (TPSA) is 75.1 Å². The molecule has 7 heteroatoms. The van der Waals surface area contributed by atoms with Crippen LogP contribution < -0.4 is 10.6 Å². The summed E-state index contributed by atoms with van der Waals surface area (Å²) in [6.45, 7) is 2.70. The molecule has 2 saturated heterocycles. The molecule has 2 fully saturated rings. The third-order valence-electron chi connectivity index (χ3n) is 5.20. The first kappa shape index (κ1) is 16.1. The SMILES string of the molecule is O=C(NCc1cccnc1-n1cccn1)N[C@@H]1CCN2CCCC[C@@H]12. The number of nitrogens with one attached hydrogen (secondary N) is 2. The van der Waals surface area contributed by atoms with Crippen molar-refractivity contribution in [3.8, 4) is 5.82 Å². The van der Waals surface area contributed by atoms with E-state index in [0.717, 1.165) is 24.3 Å². The Morgan fingerprint density at radius 2 is 2.16 bits per heavy atom. The Morgan fingerprint density at radius 1 is 1.20 bits per heavy atom. The molecule has 2 aliphatic heterocycles. The first-order valence-corrected chi connectivity index (χ1v) is 9.03. The minimum absolute atomic E-state index is 0.104. The van der Waals surface area contributed by atoms with Crippen molar-refractivity contribution in [1.82, 2.24) is 30.3 Å². The Balaban J connectivity index is 1.35. The van der Waals surface area contributed by atoms with Gasteiger partial charge < -0.3 is 10.6 Å². The molecule has 0 unspecified atom stereocenters. The first-order chi connectivity index (χ1) is 12.3. The van der Waals surface area contributed by atoms with Crippen molar-refractivity contribution in [3.63, 3.8) is 0 Å². The van der Waals surface area contributed by atoms with Crippen LogP contribution in [-0.4, -0.2) is 50.9 Å². The lowest BCUT2D eigenvalue weighted by molar-refractivity contribution is 0.179. The molecule has 2 aliphatic rings. The van der Waals surface area contributed by atoms with Gasteiger partial charge in [-0.25, -0.2) is 14.5 Å². The van der Waals surface area contributed by atoms with E-state index in [1.54, 1.807) is 17.1 Å². The quantitative estimate of drug-likeness (QED) is 0.888. The number of piperidine rings is 1. The van der Waals surface area contributed by atoms with Crippen molar-refractivity contribution < 1.29 is 4.79 Å². The molecule has 2 atom stereocenters. The summed E-state index contributed by atoms with van der Waals surface area (Å²) in [5.41, 5.74) is 0.937. The average Bonchev–Trinajstić information content (AvgIpc) is 3.31. The third kappa shape index (κ3) is 3.51. The van der Waals surface area contributed by atoms with Crippen LogP contribution in [0.25, 0.3) is 5.82 Å². The molecule has 0 aliphatic carbocycles. The van der Waals surface area contributed by atoms with Crippen molar-refractivity contribution in [3.05, 3.63) is 42.4 Å². The van der Waals surface area contributed by atoms with E-state index in [9.17, 15) is 4.79 Å². The first-order valence-electron chi connectivity index (χ1n) is 9.03. The van der Waals surface area contributed by atoms with Crippen LogP contribution in [0.2, 0.25) is 0 Å². The molecule has 0 aromatic carbocycles. The maximum atomic E-state index is 12.4. The number of hydrogen-bond donors (Lipinski definition) is 2. The second kappa shape index (κ2) is 7.23. The second-order valence-corrected chi connectivity index (χ2v) is 6.76. The van der Waals surface area contributed by atoms with Crippen LogP contribution in [0.1, 0.15) is 31.2 Å². The summed E-state index contributed by atoms with van der Waals surface area (Å²) in [7, 11) is 0. The number of carbonyl (C=O) groups excluding carboxylic acids is 1. The molecule has 25 heavy (non-hydrogen) atoms. The fourth-order valence-electron chi connectivity index (χ4n) is 3.98. The summed E-state index contributed by atoms with van der Waals surface area (Å²) in [5.74, 6) is 0.743. The molecule has 2 amide bonds. The van der Waals surface area contributed by atoms with E-state index in [1.165, 1.54) is 25.8 Å². The van der Waals surface area contributed by atoms with Gasteiger partial charge in [0, 0.05) is 49.3 Å². The van der Waals surface area contributed by atoms with Gasteiger partial charge in [-0.05, 0) is 37.9 Å². The van der Waals surface area contributed by atoms with Gasteiger partial charge in [0.2, 0.25) is 0 Å². The average molecular weight is 340 g/mol. The van der Waals surface area contributed by atoms with Crippen molar-refractivity contribution in [2.24, 2.45) is 0 Å². The van der Waals surface area contributed by atoms with E-state index >= 15 is 0 Å². The van der Waals surface area contributed by atoms with E-state index in [1.807, 2.05) is 24.4 Å². The Labute approximate surface area is 147 Å². The molecule has 2 N–H and O–H groups in total. The lowest BCUT2D eigenvalue weighted by atomic mass is 9.99. The maximum Gasteiger partial charge on any atom is 0.315 e. The number of rotatable bonds is 4. The van der Waals surface area contributed by atoms with Crippen molar-refractivity contribution in [1.29, 1.82) is 0 Å². The molecule has 4 heterocycles. The molecular formula is C18H24N6O. The standard InChI is InChI=1S/C18H24N6O/c25-18(22-15-7-12-23-10-2-1-6-16(15)23)20-13-14-5-3-8-19-17(14)24-11-4-9-21-24/h3-5,8-9,11,15-16H,1-2,6-7,10,12-13H2,(H2,20,22,25)/t15-,16+/m1/s1. The van der Waals surface area contributed by atoms with Gasteiger partial charge in [-0.1, -0.05) is 12.5 Å². The van der Waals surface area contributed by atoms with Crippen LogP contribution in [0.5, 0.6) is 0 Å².